The Morgan fingerprint density at radius 1 is 1.25 bits per heavy atom. The molecule has 0 bridgehead atoms. The Labute approximate surface area is 131 Å². The summed E-state index contributed by atoms with van der Waals surface area (Å²) in [6, 6.07) is 8.73. The van der Waals surface area contributed by atoms with E-state index in [9.17, 15) is 8.42 Å². The zero-order valence-corrected chi connectivity index (χ0v) is 14.1. The van der Waals surface area contributed by atoms with Crippen molar-refractivity contribution >= 4 is 43.0 Å². The van der Waals surface area contributed by atoms with E-state index in [0.29, 0.717) is 16.4 Å². The van der Waals surface area contributed by atoms with Crippen molar-refractivity contribution in [1.82, 2.24) is 5.32 Å². The van der Waals surface area contributed by atoms with E-state index in [-0.39, 0.29) is 0 Å². The maximum absolute atomic E-state index is 12.2. The van der Waals surface area contributed by atoms with Crippen LogP contribution in [0.1, 0.15) is 12.5 Å². The largest absolute Gasteiger partial charge is 0.313 e. The third kappa shape index (κ3) is 4.05. The summed E-state index contributed by atoms with van der Waals surface area (Å²) < 4.78 is 28.3. The van der Waals surface area contributed by atoms with Crippen LogP contribution in [0.15, 0.2) is 44.4 Å². The number of rotatable bonds is 6. The fourth-order valence-corrected chi connectivity index (χ4v) is 4.11. The molecule has 1 aromatic heterocycles. The van der Waals surface area contributed by atoms with Crippen LogP contribution >= 0.6 is 27.3 Å². The Balaban J connectivity index is 2.13. The van der Waals surface area contributed by atoms with E-state index >= 15 is 0 Å². The molecule has 4 nitrogen and oxygen atoms in total. The fourth-order valence-electron chi connectivity index (χ4n) is 1.58. The molecular formula is C13H15BrN2O2S2. The molecule has 1 aromatic carbocycles. The average molecular weight is 375 g/mol. The molecule has 2 N–H and O–H groups in total. The first-order valence-electron chi connectivity index (χ1n) is 6.08. The topological polar surface area (TPSA) is 58.2 Å². The average Bonchev–Trinajstić information content (AvgIpc) is 2.88. The summed E-state index contributed by atoms with van der Waals surface area (Å²) in [5, 5.41) is 5.03. The number of benzene rings is 1. The minimum absolute atomic E-state index is 0.327. The highest BCUT2D eigenvalue weighted by atomic mass is 79.9. The van der Waals surface area contributed by atoms with Crippen LogP contribution in [-0.2, 0) is 16.6 Å². The molecule has 2 aromatic rings. The van der Waals surface area contributed by atoms with Crippen molar-refractivity contribution in [2.75, 3.05) is 11.3 Å². The van der Waals surface area contributed by atoms with Crippen molar-refractivity contribution < 1.29 is 8.42 Å². The Morgan fingerprint density at radius 3 is 2.60 bits per heavy atom. The number of hydrogen-bond acceptors (Lipinski definition) is 4. The Bertz CT molecular complexity index is 666. The van der Waals surface area contributed by atoms with Crippen molar-refractivity contribution in [1.29, 1.82) is 0 Å². The van der Waals surface area contributed by atoms with Crippen LogP contribution < -0.4 is 10.0 Å². The molecule has 2 rings (SSSR count). The number of thiophene rings is 1. The summed E-state index contributed by atoms with van der Waals surface area (Å²) in [6.07, 6.45) is 0. The number of anilines is 1. The third-order valence-corrected chi connectivity index (χ3v) is 5.97. The van der Waals surface area contributed by atoms with Crippen molar-refractivity contribution in [2.45, 2.75) is 17.7 Å². The highest BCUT2D eigenvalue weighted by Gasteiger charge is 2.16. The van der Waals surface area contributed by atoms with Gasteiger partial charge in [0.05, 0.1) is 0 Å². The van der Waals surface area contributed by atoms with E-state index in [2.05, 4.69) is 26.0 Å². The van der Waals surface area contributed by atoms with Crippen LogP contribution in [0, 0.1) is 0 Å². The molecule has 0 radical (unpaired) electrons. The third-order valence-electron chi connectivity index (χ3n) is 2.57. The second-order valence-electron chi connectivity index (χ2n) is 4.17. The molecule has 0 atom stereocenters. The van der Waals surface area contributed by atoms with Gasteiger partial charge in [0, 0.05) is 16.7 Å². The molecular weight excluding hydrogens is 360 g/mol. The number of hydrogen-bond donors (Lipinski definition) is 2. The number of halogens is 1. The predicted octanol–water partition coefficient (Wildman–Crippen LogP) is 3.42. The molecule has 0 saturated heterocycles. The first-order valence-corrected chi connectivity index (χ1v) is 9.23. The van der Waals surface area contributed by atoms with Gasteiger partial charge in [0.1, 0.15) is 4.21 Å². The van der Waals surface area contributed by atoms with Crippen LogP contribution in [0.3, 0.4) is 0 Å². The lowest BCUT2D eigenvalue weighted by molar-refractivity contribution is 0.603. The number of nitrogens with one attached hydrogen (secondary N) is 2. The van der Waals surface area contributed by atoms with Crippen molar-refractivity contribution in [2.24, 2.45) is 0 Å². The summed E-state index contributed by atoms with van der Waals surface area (Å²) in [5.74, 6) is 0. The lowest BCUT2D eigenvalue weighted by atomic mass is 10.3. The van der Waals surface area contributed by atoms with E-state index in [1.165, 1.54) is 11.3 Å². The van der Waals surface area contributed by atoms with Gasteiger partial charge in [-0.05, 0) is 47.8 Å². The quantitative estimate of drug-likeness (QED) is 0.814. The molecule has 0 fully saturated rings. The molecule has 0 spiro atoms. The SMILES string of the molecule is CCNCc1csc(S(=O)(=O)Nc2ccc(Br)cc2)c1. The molecule has 7 heteroatoms. The number of sulfonamides is 1. The Morgan fingerprint density at radius 2 is 1.95 bits per heavy atom. The van der Waals surface area contributed by atoms with Crippen LogP contribution in [0.2, 0.25) is 0 Å². The monoisotopic (exact) mass is 374 g/mol. The fraction of sp³-hybridized carbons (Fsp3) is 0.231. The molecule has 0 unspecified atom stereocenters. The summed E-state index contributed by atoms with van der Waals surface area (Å²) in [7, 11) is -3.50. The zero-order chi connectivity index (χ0) is 14.6. The maximum Gasteiger partial charge on any atom is 0.271 e. The molecule has 0 aliphatic carbocycles. The summed E-state index contributed by atoms with van der Waals surface area (Å²) in [5.41, 5.74) is 1.53. The van der Waals surface area contributed by atoms with Gasteiger partial charge in [0.2, 0.25) is 0 Å². The predicted molar refractivity (Wildman–Crippen MR) is 86.7 cm³/mol. The smallest absolute Gasteiger partial charge is 0.271 e. The molecule has 108 valence electrons. The minimum Gasteiger partial charge on any atom is -0.313 e. The van der Waals surface area contributed by atoms with Gasteiger partial charge >= 0.3 is 0 Å². The maximum atomic E-state index is 12.2. The van der Waals surface area contributed by atoms with Crippen LogP contribution in [-0.4, -0.2) is 15.0 Å². The van der Waals surface area contributed by atoms with Crippen molar-refractivity contribution in [3.05, 3.63) is 45.7 Å². The Hall–Kier alpha value is -0.890. The van der Waals surface area contributed by atoms with E-state index < -0.39 is 10.0 Å². The van der Waals surface area contributed by atoms with Crippen LogP contribution in [0.25, 0.3) is 0 Å². The van der Waals surface area contributed by atoms with E-state index in [1.807, 2.05) is 12.3 Å². The van der Waals surface area contributed by atoms with E-state index in [4.69, 9.17) is 0 Å². The van der Waals surface area contributed by atoms with Gasteiger partial charge in [0.25, 0.3) is 10.0 Å². The van der Waals surface area contributed by atoms with Gasteiger partial charge in [-0.2, -0.15) is 0 Å². The molecule has 0 amide bonds. The van der Waals surface area contributed by atoms with Gasteiger partial charge in [0.15, 0.2) is 0 Å². The van der Waals surface area contributed by atoms with Gasteiger partial charge in [-0.3, -0.25) is 4.72 Å². The molecule has 1 heterocycles. The summed E-state index contributed by atoms with van der Waals surface area (Å²) in [4.78, 5) is 0. The van der Waals surface area contributed by atoms with Gasteiger partial charge in [-0.1, -0.05) is 22.9 Å². The first-order chi connectivity index (χ1) is 9.51. The van der Waals surface area contributed by atoms with Crippen LogP contribution in [0.5, 0.6) is 0 Å². The van der Waals surface area contributed by atoms with Crippen molar-refractivity contribution in [3.63, 3.8) is 0 Å². The Kier molecular flexibility index (Phi) is 5.20. The molecule has 0 aliphatic rings. The molecule has 0 aliphatic heterocycles. The standard InChI is InChI=1S/C13H15BrN2O2S2/c1-2-15-8-10-7-13(19-9-10)20(17,18)16-12-5-3-11(14)4-6-12/h3-7,9,15-16H,2,8H2,1H3. The lowest BCUT2D eigenvalue weighted by Crippen LogP contribution is -2.12. The van der Waals surface area contributed by atoms with Gasteiger partial charge < -0.3 is 5.32 Å². The lowest BCUT2D eigenvalue weighted by Gasteiger charge is -2.06. The zero-order valence-electron chi connectivity index (χ0n) is 10.9. The van der Waals surface area contributed by atoms with Crippen LogP contribution in [0.4, 0.5) is 5.69 Å². The molecule has 0 saturated carbocycles. The van der Waals surface area contributed by atoms with E-state index in [1.54, 1.807) is 30.3 Å². The second-order valence-corrected chi connectivity index (χ2v) is 7.90. The highest BCUT2D eigenvalue weighted by Crippen LogP contribution is 2.23. The molecule has 20 heavy (non-hydrogen) atoms. The normalized spacial score (nSPS) is 11.5. The van der Waals surface area contributed by atoms with Crippen molar-refractivity contribution in [3.8, 4) is 0 Å². The minimum atomic E-state index is -3.50. The van der Waals surface area contributed by atoms with Gasteiger partial charge in [-0.25, -0.2) is 8.42 Å². The first kappa shape index (κ1) is 15.5. The summed E-state index contributed by atoms with van der Waals surface area (Å²) >= 11 is 4.54. The second kappa shape index (κ2) is 6.71. The summed E-state index contributed by atoms with van der Waals surface area (Å²) in [6.45, 7) is 3.55. The highest BCUT2D eigenvalue weighted by molar-refractivity contribution is 9.10. The van der Waals surface area contributed by atoms with E-state index in [0.717, 1.165) is 16.6 Å². The van der Waals surface area contributed by atoms with Gasteiger partial charge in [-0.15, -0.1) is 11.3 Å².